The molecular weight excluding hydrogens is 338 g/mol. The van der Waals surface area contributed by atoms with E-state index < -0.39 is 11.9 Å². The van der Waals surface area contributed by atoms with E-state index >= 15 is 0 Å². The molecule has 1 amide bonds. The number of hydrogen-bond acceptors (Lipinski definition) is 7. The first-order valence-corrected chi connectivity index (χ1v) is 8.63. The zero-order chi connectivity index (χ0) is 16.6. The van der Waals surface area contributed by atoms with Gasteiger partial charge in [0.25, 0.3) is 5.91 Å². The molecule has 1 aliphatic rings. The molecule has 0 aliphatic carbocycles. The normalized spacial score (nSPS) is 16.3. The fraction of sp³-hybridized carbons (Fsp3) is 0.267. The summed E-state index contributed by atoms with van der Waals surface area (Å²) in [6.07, 6.45) is 0.116. The maximum atomic E-state index is 12.7. The lowest BCUT2D eigenvalue weighted by Gasteiger charge is -2.19. The van der Waals surface area contributed by atoms with Crippen LogP contribution >= 0.6 is 22.7 Å². The minimum absolute atomic E-state index is 0.116. The number of rotatable bonds is 3. The molecule has 2 aromatic rings. The number of hydrogen-bond donors (Lipinski definition) is 0. The predicted octanol–water partition coefficient (Wildman–Crippen LogP) is 2.94. The molecule has 1 atom stereocenters. The number of ether oxygens (including phenoxy) is 1. The van der Waals surface area contributed by atoms with E-state index in [1.807, 2.05) is 10.8 Å². The van der Waals surface area contributed by atoms with Crippen molar-refractivity contribution < 1.29 is 24.0 Å². The van der Waals surface area contributed by atoms with Gasteiger partial charge in [-0.3, -0.25) is 9.59 Å². The van der Waals surface area contributed by atoms with Gasteiger partial charge in [0.15, 0.2) is 0 Å². The summed E-state index contributed by atoms with van der Waals surface area (Å²) >= 11 is 2.75. The molecule has 0 radical (unpaired) electrons. The number of carbonyl (C=O) groups excluding carboxylic acids is 3. The lowest BCUT2D eigenvalue weighted by molar-refractivity contribution is -0.142. The van der Waals surface area contributed by atoms with E-state index in [0.29, 0.717) is 11.3 Å². The molecule has 0 saturated carbocycles. The fourth-order valence-corrected chi connectivity index (χ4v) is 4.29. The Labute approximate surface area is 140 Å². The van der Waals surface area contributed by atoms with Gasteiger partial charge in [-0.25, -0.2) is 4.79 Å². The number of thiophene rings is 2. The Morgan fingerprint density at radius 2 is 1.87 bits per heavy atom. The Kier molecular flexibility index (Phi) is 4.18. The molecule has 2 aromatic heterocycles. The Morgan fingerprint density at radius 3 is 2.57 bits per heavy atom. The first-order valence-electron chi connectivity index (χ1n) is 6.75. The average Bonchev–Trinajstić information content (AvgIpc) is 3.16. The molecular formula is C15H13NO5S2. The lowest BCUT2D eigenvalue weighted by atomic mass is 9.90. The summed E-state index contributed by atoms with van der Waals surface area (Å²) < 4.78 is 4.78. The van der Waals surface area contributed by atoms with Gasteiger partial charge in [0.2, 0.25) is 0 Å². The van der Waals surface area contributed by atoms with Crippen LogP contribution in [0.2, 0.25) is 0 Å². The van der Waals surface area contributed by atoms with Crippen LogP contribution in [0.25, 0.3) is 0 Å². The quantitative estimate of drug-likeness (QED) is 0.795. The molecule has 0 fully saturated rings. The molecule has 3 rings (SSSR count). The number of esters is 1. The van der Waals surface area contributed by atoms with Crippen molar-refractivity contribution in [1.82, 2.24) is 0 Å². The van der Waals surface area contributed by atoms with Gasteiger partial charge in [0, 0.05) is 23.6 Å². The van der Waals surface area contributed by atoms with Crippen molar-refractivity contribution in [3.63, 3.8) is 0 Å². The third-order valence-corrected chi connectivity index (χ3v) is 5.08. The lowest BCUT2D eigenvalue weighted by Crippen LogP contribution is -2.32. The summed E-state index contributed by atoms with van der Waals surface area (Å²) in [6, 6.07) is 0. The van der Waals surface area contributed by atoms with E-state index in [2.05, 4.69) is 0 Å². The molecule has 0 bridgehead atoms. The Hall–Kier alpha value is -2.19. The van der Waals surface area contributed by atoms with Gasteiger partial charge in [0.1, 0.15) is 0 Å². The van der Waals surface area contributed by atoms with Crippen molar-refractivity contribution in [1.29, 1.82) is 0 Å². The van der Waals surface area contributed by atoms with Crippen molar-refractivity contribution in [2.24, 2.45) is 0 Å². The standard InChI is InChI=1S/C15H13NO5S2/c1-8(17)21-16-13-7-23-5-11(13)9(3-14(18)20-2)10-4-22-6-12(10)15(16)19/h4-7,9H,3H2,1-2H3. The first-order chi connectivity index (χ1) is 11.0. The monoisotopic (exact) mass is 351 g/mol. The van der Waals surface area contributed by atoms with E-state index in [1.165, 1.54) is 36.7 Å². The maximum Gasteiger partial charge on any atom is 0.330 e. The van der Waals surface area contributed by atoms with Crippen molar-refractivity contribution in [3.8, 4) is 0 Å². The number of fused-ring (bicyclic) bond motifs is 2. The van der Waals surface area contributed by atoms with E-state index in [0.717, 1.165) is 16.2 Å². The molecule has 0 aromatic carbocycles. The summed E-state index contributed by atoms with van der Waals surface area (Å²) in [5.41, 5.74) is 2.45. The van der Waals surface area contributed by atoms with E-state index in [1.54, 1.807) is 10.8 Å². The molecule has 120 valence electrons. The smallest absolute Gasteiger partial charge is 0.330 e. The van der Waals surface area contributed by atoms with Gasteiger partial charge in [-0.05, 0) is 21.9 Å². The van der Waals surface area contributed by atoms with Crippen LogP contribution in [0.1, 0.15) is 40.7 Å². The second-order valence-electron chi connectivity index (χ2n) is 4.97. The molecule has 0 spiro atoms. The van der Waals surface area contributed by atoms with Crippen LogP contribution in [0.3, 0.4) is 0 Å². The first kappa shape index (κ1) is 15.7. The van der Waals surface area contributed by atoms with Crippen LogP contribution in [0, 0.1) is 0 Å². The number of amides is 1. The number of nitrogens with zero attached hydrogens (tertiary/aromatic N) is 1. The van der Waals surface area contributed by atoms with Gasteiger partial charge in [0.05, 0.1) is 24.8 Å². The number of methoxy groups -OCH3 is 1. The van der Waals surface area contributed by atoms with Crippen molar-refractivity contribution in [2.75, 3.05) is 12.2 Å². The van der Waals surface area contributed by atoms with Gasteiger partial charge < -0.3 is 9.57 Å². The summed E-state index contributed by atoms with van der Waals surface area (Å²) in [4.78, 5) is 41.0. The van der Waals surface area contributed by atoms with Gasteiger partial charge in [-0.2, -0.15) is 11.3 Å². The number of anilines is 1. The van der Waals surface area contributed by atoms with Crippen molar-refractivity contribution in [2.45, 2.75) is 19.3 Å². The summed E-state index contributed by atoms with van der Waals surface area (Å²) in [6.45, 7) is 1.24. The summed E-state index contributed by atoms with van der Waals surface area (Å²) in [5.74, 6) is -1.67. The average molecular weight is 351 g/mol. The second kappa shape index (κ2) is 6.13. The van der Waals surface area contributed by atoms with Gasteiger partial charge in [-0.15, -0.1) is 16.4 Å². The van der Waals surface area contributed by atoms with E-state index in [-0.39, 0.29) is 18.3 Å². The molecule has 8 heteroatoms. The summed E-state index contributed by atoms with van der Waals surface area (Å²) in [5, 5.41) is 8.15. The molecule has 0 saturated heterocycles. The molecule has 1 aliphatic heterocycles. The van der Waals surface area contributed by atoms with E-state index in [9.17, 15) is 14.4 Å². The van der Waals surface area contributed by atoms with Crippen molar-refractivity contribution >= 4 is 46.2 Å². The van der Waals surface area contributed by atoms with Crippen LogP contribution in [0.4, 0.5) is 5.69 Å². The molecule has 0 N–H and O–H groups in total. The molecule has 3 heterocycles. The highest BCUT2D eigenvalue weighted by Gasteiger charge is 2.36. The zero-order valence-corrected chi connectivity index (χ0v) is 14.0. The van der Waals surface area contributed by atoms with Crippen LogP contribution in [-0.4, -0.2) is 25.0 Å². The maximum absolute atomic E-state index is 12.7. The van der Waals surface area contributed by atoms with E-state index in [4.69, 9.17) is 9.57 Å². The Balaban J connectivity index is 2.14. The third-order valence-electron chi connectivity index (χ3n) is 3.57. The number of hydroxylamine groups is 1. The molecule has 6 nitrogen and oxygen atoms in total. The highest BCUT2D eigenvalue weighted by Crippen LogP contribution is 2.43. The van der Waals surface area contributed by atoms with Crippen LogP contribution in [0.5, 0.6) is 0 Å². The van der Waals surface area contributed by atoms with Gasteiger partial charge in [-0.1, -0.05) is 0 Å². The second-order valence-corrected chi connectivity index (χ2v) is 6.46. The zero-order valence-electron chi connectivity index (χ0n) is 12.4. The predicted molar refractivity (Wildman–Crippen MR) is 85.7 cm³/mol. The number of carbonyl (C=O) groups is 3. The molecule has 23 heavy (non-hydrogen) atoms. The Bertz CT molecular complexity index is 778. The Morgan fingerprint density at radius 1 is 1.17 bits per heavy atom. The minimum atomic E-state index is -0.585. The van der Waals surface area contributed by atoms with Crippen LogP contribution in [0.15, 0.2) is 21.5 Å². The highest BCUT2D eigenvalue weighted by atomic mass is 32.1. The van der Waals surface area contributed by atoms with Gasteiger partial charge >= 0.3 is 11.9 Å². The molecule has 1 unspecified atom stereocenters. The fourth-order valence-electron chi connectivity index (χ4n) is 2.55. The summed E-state index contributed by atoms with van der Waals surface area (Å²) in [7, 11) is 1.33. The highest BCUT2D eigenvalue weighted by molar-refractivity contribution is 7.09. The SMILES string of the molecule is COC(=O)CC1c2cscc2C(=O)N(OC(C)=O)c2cscc21. The minimum Gasteiger partial charge on any atom is -0.469 e. The van der Waals surface area contributed by atoms with Crippen molar-refractivity contribution in [3.05, 3.63) is 38.2 Å². The topological polar surface area (TPSA) is 72.9 Å². The van der Waals surface area contributed by atoms with Crippen LogP contribution < -0.4 is 5.06 Å². The third kappa shape index (κ3) is 2.75. The largest absolute Gasteiger partial charge is 0.469 e. The van der Waals surface area contributed by atoms with Crippen LogP contribution in [-0.2, 0) is 19.2 Å².